The number of rotatable bonds is 9. The first-order valence-corrected chi connectivity index (χ1v) is 14.6. The van der Waals surface area contributed by atoms with E-state index in [0.717, 1.165) is 42.8 Å². The number of anilines is 2. The maximum Gasteiger partial charge on any atom is 0.416 e. The Labute approximate surface area is 235 Å². The van der Waals surface area contributed by atoms with Crippen molar-refractivity contribution in [3.63, 3.8) is 0 Å². The van der Waals surface area contributed by atoms with Gasteiger partial charge >= 0.3 is 12.3 Å². The van der Waals surface area contributed by atoms with Crippen LogP contribution in [0.2, 0.25) is 0 Å². The summed E-state index contributed by atoms with van der Waals surface area (Å²) in [6.45, 7) is 1.11. The van der Waals surface area contributed by atoms with Crippen LogP contribution in [0, 0.1) is 0 Å². The van der Waals surface area contributed by atoms with Crippen LogP contribution < -0.4 is 15.5 Å². The second kappa shape index (κ2) is 12.8. The number of halogens is 3. The van der Waals surface area contributed by atoms with Gasteiger partial charge in [0.15, 0.2) is 0 Å². The number of hydrogen-bond acceptors (Lipinski definition) is 5. The summed E-state index contributed by atoms with van der Waals surface area (Å²) in [5.74, 6) is -0.121. The van der Waals surface area contributed by atoms with Crippen LogP contribution in [0.15, 0.2) is 48.5 Å². The smallest absolute Gasteiger partial charge is 0.416 e. The first-order valence-electron chi connectivity index (χ1n) is 13.2. The number of carbonyl (C=O) groups is 3. The Balaban J connectivity index is 1.40. The molecule has 0 aromatic heterocycles. The van der Waals surface area contributed by atoms with E-state index in [9.17, 15) is 27.6 Å². The largest absolute Gasteiger partial charge is 0.465 e. The van der Waals surface area contributed by atoms with Crippen molar-refractivity contribution in [2.75, 3.05) is 35.3 Å². The Morgan fingerprint density at radius 3 is 2.33 bits per heavy atom. The molecule has 0 spiro atoms. The standard InChI is InChI=1S/C28H33F3N4O4S/c1-40-17-14-22(33-27(38)39)26(37)35-16-3-5-24(35)25(36)32-20-10-6-18(7-11-20)23-4-2-15-34(23)21-12-8-19(9-13-21)28(29,30)31/h6-13,22-24,33H,2-5,14-17H2,1H3,(H,32,36)(H,38,39)/t22-,23+,24?/m0/s1. The zero-order chi connectivity index (χ0) is 28.9. The number of alkyl halides is 3. The van der Waals surface area contributed by atoms with Crippen molar-refractivity contribution < 1.29 is 32.7 Å². The number of carboxylic acid groups (broad SMARTS) is 1. The monoisotopic (exact) mass is 578 g/mol. The summed E-state index contributed by atoms with van der Waals surface area (Å²) in [4.78, 5) is 41.0. The van der Waals surface area contributed by atoms with Crippen molar-refractivity contribution in [3.05, 3.63) is 59.7 Å². The van der Waals surface area contributed by atoms with Gasteiger partial charge in [-0.2, -0.15) is 24.9 Å². The van der Waals surface area contributed by atoms with E-state index >= 15 is 0 Å². The second-order valence-corrected chi connectivity index (χ2v) is 11.0. The van der Waals surface area contributed by atoms with Crippen molar-refractivity contribution in [2.24, 2.45) is 0 Å². The molecule has 2 aromatic carbocycles. The molecule has 216 valence electrons. The van der Waals surface area contributed by atoms with Gasteiger partial charge in [0, 0.05) is 24.5 Å². The zero-order valence-corrected chi connectivity index (χ0v) is 22.9. The Hall–Kier alpha value is -3.41. The molecule has 40 heavy (non-hydrogen) atoms. The molecule has 0 aliphatic carbocycles. The Kier molecular flexibility index (Phi) is 9.49. The van der Waals surface area contributed by atoms with E-state index in [4.69, 9.17) is 5.11 Å². The molecule has 4 rings (SSSR count). The van der Waals surface area contributed by atoms with Crippen molar-refractivity contribution >= 4 is 41.0 Å². The molecule has 2 heterocycles. The Bertz CT molecular complexity index is 1190. The maximum atomic E-state index is 13.1. The van der Waals surface area contributed by atoms with Gasteiger partial charge in [0.1, 0.15) is 12.1 Å². The van der Waals surface area contributed by atoms with E-state index in [1.165, 1.54) is 28.8 Å². The summed E-state index contributed by atoms with van der Waals surface area (Å²) in [6, 6.07) is 11.0. The van der Waals surface area contributed by atoms with E-state index in [0.29, 0.717) is 37.2 Å². The minimum absolute atomic E-state index is 0.00406. The molecule has 8 nitrogen and oxygen atoms in total. The minimum Gasteiger partial charge on any atom is -0.465 e. The van der Waals surface area contributed by atoms with E-state index in [-0.39, 0.29) is 11.9 Å². The molecule has 2 aliphatic rings. The molecule has 0 radical (unpaired) electrons. The molecule has 3 N–H and O–H groups in total. The fraction of sp³-hybridized carbons (Fsp3) is 0.464. The first kappa shape index (κ1) is 29.6. The lowest BCUT2D eigenvalue weighted by molar-refractivity contribution is -0.138. The van der Waals surface area contributed by atoms with E-state index < -0.39 is 35.8 Å². The summed E-state index contributed by atoms with van der Waals surface area (Å²) in [7, 11) is 0. The average Bonchev–Trinajstić information content (AvgIpc) is 3.61. The number of hydrogen-bond donors (Lipinski definition) is 3. The summed E-state index contributed by atoms with van der Waals surface area (Å²) < 4.78 is 38.9. The van der Waals surface area contributed by atoms with E-state index in [1.54, 1.807) is 12.1 Å². The average molecular weight is 579 g/mol. The molecule has 2 aliphatic heterocycles. The van der Waals surface area contributed by atoms with Crippen molar-refractivity contribution in [1.29, 1.82) is 0 Å². The summed E-state index contributed by atoms with van der Waals surface area (Å²) >= 11 is 1.51. The van der Waals surface area contributed by atoms with Crippen LogP contribution >= 0.6 is 11.8 Å². The molecular formula is C28H33F3N4O4S. The predicted octanol–water partition coefficient (Wildman–Crippen LogP) is 5.37. The highest BCUT2D eigenvalue weighted by Crippen LogP contribution is 2.38. The highest BCUT2D eigenvalue weighted by molar-refractivity contribution is 7.98. The van der Waals surface area contributed by atoms with Gasteiger partial charge in [-0.15, -0.1) is 0 Å². The number of nitrogens with one attached hydrogen (secondary N) is 2. The van der Waals surface area contributed by atoms with Crippen LogP contribution in [0.5, 0.6) is 0 Å². The normalized spacial score (nSPS) is 19.9. The molecular weight excluding hydrogens is 545 g/mol. The minimum atomic E-state index is -4.38. The lowest BCUT2D eigenvalue weighted by atomic mass is 10.0. The molecule has 3 atom stereocenters. The number of amides is 3. The lowest BCUT2D eigenvalue weighted by Crippen LogP contribution is -2.52. The summed E-state index contributed by atoms with van der Waals surface area (Å²) in [5, 5.41) is 14.3. The highest BCUT2D eigenvalue weighted by Gasteiger charge is 2.38. The predicted molar refractivity (Wildman–Crippen MR) is 149 cm³/mol. The SMILES string of the molecule is CSCC[C@H](NC(=O)O)C(=O)N1CCCC1C(=O)Nc1ccc([C@H]2CCCN2c2ccc(C(F)(F)F)cc2)cc1. The lowest BCUT2D eigenvalue weighted by Gasteiger charge is -2.28. The van der Waals surface area contributed by atoms with Gasteiger partial charge in [-0.1, -0.05) is 12.1 Å². The van der Waals surface area contributed by atoms with Crippen LogP contribution in [0.25, 0.3) is 0 Å². The molecule has 12 heteroatoms. The molecule has 0 saturated carbocycles. The fourth-order valence-electron chi connectivity index (χ4n) is 5.42. The quantitative estimate of drug-likeness (QED) is 0.370. The van der Waals surface area contributed by atoms with Gasteiger partial charge in [0.2, 0.25) is 11.8 Å². The maximum absolute atomic E-state index is 13.1. The fourth-order valence-corrected chi connectivity index (χ4v) is 5.90. The Morgan fingerprint density at radius 2 is 1.70 bits per heavy atom. The number of likely N-dealkylation sites (tertiary alicyclic amines) is 1. The molecule has 0 bridgehead atoms. The van der Waals surface area contributed by atoms with Gasteiger partial charge in [-0.25, -0.2) is 4.79 Å². The topological polar surface area (TPSA) is 102 Å². The summed E-state index contributed by atoms with van der Waals surface area (Å²) in [5.41, 5.74) is 1.61. The van der Waals surface area contributed by atoms with Gasteiger partial charge in [0.05, 0.1) is 11.6 Å². The third-order valence-electron chi connectivity index (χ3n) is 7.39. The number of benzene rings is 2. The summed E-state index contributed by atoms with van der Waals surface area (Å²) in [6.07, 6.45) is -0.550. The zero-order valence-electron chi connectivity index (χ0n) is 22.1. The van der Waals surface area contributed by atoms with Crippen LogP contribution in [0.4, 0.5) is 29.3 Å². The van der Waals surface area contributed by atoms with Crippen LogP contribution in [-0.4, -0.2) is 65.1 Å². The van der Waals surface area contributed by atoms with Crippen LogP contribution in [-0.2, 0) is 15.8 Å². The molecule has 2 saturated heterocycles. The van der Waals surface area contributed by atoms with E-state index in [2.05, 4.69) is 15.5 Å². The van der Waals surface area contributed by atoms with Gasteiger partial charge in [-0.05, 0) is 86.1 Å². The number of thioether (sulfide) groups is 1. The Morgan fingerprint density at radius 1 is 1.02 bits per heavy atom. The van der Waals surface area contributed by atoms with Gasteiger partial charge in [-0.3, -0.25) is 9.59 Å². The van der Waals surface area contributed by atoms with Crippen molar-refractivity contribution in [1.82, 2.24) is 10.2 Å². The van der Waals surface area contributed by atoms with Gasteiger partial charge < -0.3 is 25.5 Å². The third-order valence-corrected chi connectivity index (χ3v) is 8.03. The number of nitrogens with zero attached hydrogens (tertiary/aromatic N) is 2. The second-order valence-electron chi connectivity index (χ2n) is 9.98. The molecule has 2 fully saturated rings. The van der Waals surface area contributed by atoms with Crippen LogP contribution in [0.3, 0.4) is 0 Å². The first-order chi connectivity index (χ1) is 19.1. The van der Waals surface area contributed by atoms with Crippen LogP contribution in [0.1, 0.15) is 49.3 Å². The molecule has 3 amide bonds. The third kappa shape index (κ3) is 7.01. The molecule has 1 unspecified atom stereocenters. The van der Waals surface area contributed by atoms with Gasteiger partial charge in [0.25, 0.3) is 0 Å². The number of carbonyl (C=O) groups excluding carboxylic acids is 2. The highest BCUT2D eigenvalue weighted by atomic mass is 32.2. The molecule has 2 aromatic rings. The van der Waals surface area contributed by atoms with Crippen molar-refractivity contribution in [3.8, 4) is 0 Å². The van der Waals surface area contributed by atoms with E-state index in [1.807, 2.05) is 18.4 Å². The van der Waals surface area contributed by atoms with Crippen molar-refractivity contribution in [2.45, 2.75) is 56.4 Å².